The summed E-state index contributed by atoms with van der Waals surface area (Å²) in [7, 11) is 0. The molecule has 40 heavy (non-hydrogen) atoms. The van der Waals surface area contributed by atoms with Crippen LogP contribution in [-0.2, 0) is 16.2 Å². The third-order valence-electron chi connectivity index (χ3n) is 7.77. The molecule has 0 saturated carbocycles. The molecule has 200 valence electrons. The molecule has 4 aromatic rings. The number of carbonyl (C=O) groups excluding carboxylic acids is 2. The van der Waals surface area contributed by atoms with Gasteiger partial charge < -0.3 is 10.1 Å². The van der Waals surface area contributed by atoms with Crippen molar-refractivity contribution < 1.29 is 14.3 Å². The van der Waals surface area contributed by atoms with Crippen molar-refractivity contribution in [2.24, 2.45) is 0 Å². The molecule has 1 aliphatic carbocycles. The van der Waals surface area contributed by atoms with Crippen molar-refractivity contribution in [3.8, 4) is 5.75 Å². The molecule has 0 aromatic heterocycles. The Labute approximate surface area is 235 Å². The molecule has 1 aliphatic heterocycles. The van der Waals surface area contributed by atoms with Crippen molar-refractivity contribution >= 4 is 23.1 Å². The van der Waals surface area contributed by atoms with Crippen molar-refractivity contribution in [2.45, 2.75) is 44.8 Å². The Morgan fingerprint density at radius 3 is 2.30 bits per heavy atom. The first-order chi connectivity index (χ1) is 19.6. The lowest BCUT2D eigenvalue weighted by Crippen LogP contribution is -2.38. The molecule has 4 aromatic carbocycles. The van der Waals surface area contributed by atoms with Crippen LogP contribution in [0.4, 0.5) is 11.4 Å². The Hall–Kier alpha value is -4.64. The number of amides is 1. The normalized spacial score (nSPS) is 18.3. The van der Waals surface area contributed by atoms with Gasteiger partial charge in [0.25, 0.3) is 0 Å². The molecule has 0 spiro atoms. The van der Waals surface area contributed by atoms with Gasteiger partial charge in [0.1, 0.15) is 12.4 Å². The Bertz CT molecular complexity index is 1560. The summed E-state index contributed by atoms with van der Waals surface area (Å²) in [5.74, 6) is 0.769. The molecule has 0 radical (unpaired) electrons. The van der Waals surface area contributed by atoms with Crippen LogP contribution in [0.1, 0.15) is 54.8 Å². The van der Waals surface area contributed by atoms with Crippen molar-refractivity contribution in [3.05, 3.63) is 137 Å². The molecular formula is C35H32N2O3. The van der Waals surface area contributed by atoms with E-state index in [2.05, 4.69) is 11.4 Å². The Kier molecular flexibility index (Phi) is 7.19. The second-order valence-corrected chi connectivity index (χ2v) is 10.3. The van der Waals surface area contributed by atoms with E-state index in [1.807, 2.05) is 115 Å². The summed E-state index contributed by atoms with van der Waals surface area (Å²) in [6.45, 7) is 2.33. The first-order valence-electron chi connectivity index (χ1n) is 13.9. The summed E-state index contributed by atoms with van der Waals surface area (Å²) in [6.07, 6.45) is 1.32. The van der Waals surface area contributed by atoms with Gasteiger partial charge >= 0.3 is 0 Å². The highest BCUT2D eigenvalue weighted by atomic mass is 16.5. The van der Waals surface area contributed by atoms with E-state index in [1.165, 1.54) is 0 Å². The fourth-order valence-corrected chi connectivity index (χ4v) is 5.89. The molecule has 0 saturated heterocycles. The largest absolute Gasteiger partial charge is 0.489 e. The van der Waals surface area contributed by atoms with E-state index in [0.29, 0.717) is 31.4 Å². The fraction of sp³-hybridized carbons (Fsp3) is 0.200. The summed E-state index contributed by atoms with van der Waals surface area (Å²) in [6, 6.07) is 35.3. The maximum absolute atomic E-state index is 14.2. The number of ketones is 1. The Balaban J connectivity index is 1.42. The van der Waals surface area contributed by atoms with Gasteiger partial charge in [0.05, 0.1) is 17.4 Å². The summed E-state index contributed by atoms with van der Waals surface area (Å²) in [5, 5.41) is 3.60. The number of carbonyl (C=O) groups is 2. The minimum Gasteiger partial charge on any atom is -0.489 e. The summed E-state index contributed by atoms with van der Waals surface area (Å²) in [4.78, 5) is 29.5. The van der Waals surface area contributed by atoms with E-state index in [0.717, 1.165) is 39.5 Å². The average molecular weight is 529 g/mol. The van der Waals surface area contributed by atoms with Crippen molar-refractivity contribution in [1.29, 1.82) is 0 Å². The molecule has 0 unspecified atom stereocenters. The van der Waals surface area contributed by atoms with Crippen LogP contribution in [-0.4, -0.2) is 11.7 Å². The second-order valence-electron chi connectivity index (χ2n) is 10.3. The van der Waals surface area contributed by atoms with Gasteiger partial charge in [-0.2, -0.15) is 0 Å². The summed E-state index contributed by atoms with van der Waals surface area (Å²) >= 11 is 0. The molecule has 5 nitrogen and oxygen atoms in total. The molecule has 2 atom stereocenters. The number of fused-ring (bicyclic) bond motifs is 1. The predicted molar refractivity (Wildman–Crippen MR) is 158 cm³/mol. The SMILES string of the molecule is CCC(=O)N1c2ccccc2NC2=C(C(=O)C[C@@H](c3ccccc3OCc3ccccc3)C2)[C@@H]1c1ccccc1. The van der Waals surface area contributed by atoms with Gasteiger partial charge in [-0.05, 0) is 41.3 Å². The van der Waals surface area contributed by atoms with Crippen LogP contribution < -0.4 is 15.0 Å². The van der Waals surface area contributed by atoms with Crippen molar-refractivity contribution in [2.75, 3.05) is 10.2 Å². The van der Waals surface area contributed by atoms with Gasteiger partial charge in [-0.3, -0.25) is 14.5 Å². The molecule has 0 bridgehead atoms. The van der Waals surface area contributed by atoms with Crippen LogP contribution in [0.15, 0.2) is 120 Å². The monoisotopic (exact) mass is 528 g/mol. The third-order valence-corrected chi connectivity index (χ3v) is 7.77. The predicted octanol–water partition coefficient (Wildman–Crippen LogP) is 7.58. The van der Waals surface area contributed by atoms with Gasteiger partial charge in [0, 0.05) is 30.0 Å². The molecule has 5 heteroatoms. The van der Waals surface area contributed by atoms with Crippen molar-refractivity contribution in [3.63, 3.8) is 0 Å². The zero-order chi connectivity index (χ0) is 27.5. The van der Waals surface area contributed by atoms with Crippen LogP contribution in [0.3, 0.4) is 0 Å². The number of Topliss-reactive ketones (excluding diaryl/α,β-unsaturated/α-hetero) is 1. The van der Waals surface area contributed by atoms with Gasteiger partial charge in [-0.15, -0.1) is 0 Å². The lowest BCUT2D eigenvalue weighted by atomic mass is 9.78. The van der Waals surface area contributed by atoms with Gasteiger partial charge in [0.2, 0.25) is 5.91 Å². The number of rotatable bonds is 6. The summed E-state index contributed by atoms with van der Waals surface area (Å²) in [5.41, 5.74) is 6.19. The standard InChI is InChI=1S/C35H32N2O3/c1-2-33(39)37-30-19-11-10-18-28(30)36-29-21-26(22-31(38)34(29)35(37)25-15-7-4-8-16-25)27-17-9-12-20-32(27)40-23-24-13-5-3-6-14-24/h3-20,26,35-36H,2,21-23H2,1H3/t26-,35-/m0/s1. The molecule has 1 amide bonds. The number of nitrogens with one attached hydrogen (secondary N) is 1. The van der Waals surface area contributed by atoms with E-state index in [1.54, 1.807) is 0 Å². The third kappa shape index (κ3) is 4.91. The number of allylic oxidation sites excluding steroid dienone is 1. The van der Waals surface area contributed by atoms with Crippen LogP contribution in [0, 0.1) is 0 Å². The number of hydrogen-bond acceptors (Lipinski definition) is 4. The molecule has 1 N–H and O–H groups in total. The molecule has 2 aliphatic rings. The lowest BCUT2D eigenvalue weighted by Gasteiger charge is -2.35. The van der Waals surface area contributed by atoms with Gasteiger partial charge in [-0.25, -0.2) is 0 Å². The maximum atomic E-state index is 14.2. The van der Waals surface area contributed by atoms with E-state index < -0.39 is 6.04 Å². The van der Waals surface area contributed by atoms with Crippen LogP contribution in [0.25, 0.3) is 0 Å². The number of hydrogen-bond donors (Lipinski definition) is 1. The molecular weight excluding hydrogens is 496 g/mol. The Morgan fingerprint density at radius 1 is 0.850 bits per heavy atom. The van der Waals surface area contributed by atoms with E-state index in [-0.39, 0.29) is 17.6 Å². The first kappa shape index (κ1) is 25.6. The smallest absolute Gasteiger partial charge is 0.227 e. The lowest BCUT2D eigenvalue weighted by molar-refractivity contribution is -0.119. The number of para-hydroxylation sites is 3. The van der Waals surface area contributed by atoms with Crippen LogP contribution in [0.2, 0.25) is 0 Å². The topological polar surface area (TPSA) is 58.6 Å². The number of anilines is 2. The van der Waals surface area contributed by atoms with Crippen LogP contribution in [0.5, 0.6) is 5.75 Å². The number of nitrogens with zero attached hydrogens (tertiary/aromatic N) is 1. The van der Waals surface area contributed by atoms with E-state index in [9.17, 15) is 9.59 Å². The highest BCUT2D eigenvalue weighted by molar-refractivity contribution is 6.06. The van der Waals surface area contributed by atoms with E-state index in [4.69, 9.17) is 4.74 Å². The fourth-order valence-electron chi connectivity index (χ4n) is 5.89. The minimum absolute atomic E-state index is 0.0218. The molecule has 1 heterocycles. The van der Waals surface area contributed by atoms with Gasteiger partial charge in [-0.1, -0.05) is 97.9 Å². The van der Waals surface area contributed by atoms with Crippen molar-refractivity contribution in [1.82, 2.24) is 0 Å². The van der Waals surface area contributed by atoms with Gasteiger partial charge in [0.15, 0.2) is 5.78 Å². The Morgan fingerprint density at radius 2 is 1.52 bits per heavy atom. The molecule has 0 fully saturated rings. The highest BCUT2D eigenvalue weighted by Crippen LogP contribution is 2.48. The quantitative estimate of drug-likeness (QED) is 0.280. The zero-order valence-corrected chi connectivity index (χ0v) is 22.5. The first-order valence-corrected chi connectivity index (χ1v) is 13.9. The number of benzene rings is 4. The van der Waals surface area contributed by atoms with Crippen LogP contribution >= 0.6 is 0 Å². The molecule has 6 rings (SSSR count). The van der Waals surface area contributed by atoms with E-state index >= 15 is 0 Å². The zero-order valence-electron chi connectivity index (χ0n) is 22.5. The minimum atomic E-state index is -0.502. The highest BCUT2D eigenvalue weighted by Gasteiger charge is 2.41. The average Bonchev–Trinajstić information content (AvgIpc) is 3.15. The second kappa shape index (κ2) is 11.2. The summed E-state index contributed by atoms with van der Waals surface area (Å²) < 4.78 is 6.28. The maximum Gasteiger partial charge on any atom is 0.227 e. The number of ether oxygens (including phenoxy) is 1.